The number of aryl methyl sites for hydroxylation is 2. The highest BCUT2D eigenvalue weighted by atomic mass is 32.1. The molecule has 31 heavy (non-hydrogen) atoms. The number of carbonyl (C=O) groups excluding carboxylic acids is 2. The number of amides is 2. The molecule has 4 rings (SSSR count). The Kier molecular flexibility index (Phi) is 6.28. The van der Waals surface area contributed by atoms with Crippen LogP contribution in [-0.4, -0.2) is 43.0 Å². The molecule has 2 amide bonds. The lowest BCUT2D eigenvalue weighted by molar-refractivity contribution is -0.127. The molecule has 5 nitrogen and oxygen atoms in total. The van der Waals surface area contributed by atoms with Crippen LogP contribution in [0.2, 0.25) is 0 Å². The Bertz CT molecular complexity index is 1120. The van der Waals surface area contributed by atoms with Crippen molar-refractivity contribution in [2.45, 2.75) is 33.1 Å². The predicted molar refractivity (Wildman–Crippen MR) is 125 cm³/mol. The lowest BCUT2D eigenvalue weighted by Gasteiger charge is -2.15. The molecule has 6 heteroatoms. The highest BCUT2D eigenvalue weighted by molar-refractivity contribution is 7.21. The molecule has 0 unspecified atom stereocenters. The van der Waals surface area contributed by atoms with Gasteiger partial charge in [-0.1, -0.05) is 35.9 Å². The van der Waals surface area contributed by atoms with Gasteiger partial charge in [0.25, 0.3) is 5.91 Å². The molecule has 1 aliphatic heterocycles. The molecule has 0 aliphatic carbocycles. The average Bonchev–Trinajstić information content (AvgIpc) is 3.37. The van der Waals surface area contributed by atoms with E-state index in [4.69, 9.17) is 4.74 Å². The van der Waals surface area contributed by atoms with E-state index in [1.165, 1.54) is 16.9 Å². The molecule has 1 saturated heterocycles. The summed E-state index contributed by atoms with van der Waals surface area (Å²) in [5.74, 6) is 1.06. The molecule has 1 fully saturated rings. The van der Waals surface area contributed by atoms with Crippen molar-refractivity contribution in [3.05, 3.63) is 64.0 Å². The van der Waals surface area contributed by atoms with Crippen LogP contribution in [0, 0.1) is 13.8 Å². The topological polar surface area (TPSA) is 58.6 Å². The third-order valence-corrected chi connectivity index (χ3v) is 7.04. The molecule has 2 aromatic carbocycles. The van der Waals surface area contributed by atoms with Gasteiger partial charge in [0, 0.05) is 30.6 Å². The summed E-state index contributed by atoms with van der Waals surface area (Å²) in [6.07, 6.45) is 0.885. The van der Waals surface area contributed by atoms with Gasteiger partial charge in [-0.05, 0) is 48.9 Å². The normalized spacial score (nSPS) is 16.0. The number of fused-ring (bicyclic) bond motifs is 1. The zero-order chi connectivity index (χ0) is 22.0. The highest BCUT2D eigenvalue weighted by Gasteiger charge is 2.31. The Labute approximate surface area is 187 Å². The van der Waals surface area contributed by atoms with Crippen LogP contribution in [0.3, 0.4) is 0 Å². The molecular weight excluding hydrogens is 408 g/mol. The third-order valence-electron chi connectivity index (χ3n) is 5.86. The largest absolute Gasteiger partial charge is 0.491 e. The van der Waals surface area contributed by atoms with Crippen LogP contribution >= 0.6 is 11.3 Å². The van der Waals surface area contributed by atoms with Crippen molar-refractivity contribution < 1.29 is 14.3 Å². The van der Waals surface area contributed by atoms with E-state index in [1.807, 2.05) is 36.1 Å². The van der Waals surface area contributed by atoms with Gasteiger partial charge in [-0.3, -0.25) is 9.59 Å². The second kappa shape index (κ2) is 9.10. The van der Waals surface area contributed by atoms with E-state index >= 15 is 0 Å². The van der Waals surface area contributed by atoms with Crippen molar-refractivity contribution in [3.8, 4) is 5.75 Å². The summed E-state index contributed by atoms with van der Waals surface area (Å²) >= 11 is 1.53. The van der Waals surface area contributed by atoms with E-state index in [0.717, 1.165) is 44.8 Å². The zero-order valence-corrected chi connectivity index (χ0v) is 19.1. The Morgan fingerprint density at radius 1 is 1.19 bits per heavy atom. The lowest BCUT2D eigenvalue weighted by atomic mass is 9.95. The number of likely N-dealkylation sites (tertiary alicyclic amines) is 1. The second-order valence-electron chi connectivity index (χ2n) is 8.16. The van der Waals surface area contributed by atoms with Crippen LogP contribution in [0.15, 0.2) is 42.5 Å². The maximum absolute atomic E-state index is 13.1. The van der Waals surface area contributed by atoms with Crippen molar-refractivity contribution in [1.82, 2.24) is 10.2 Å². The van der Waals surface area contributed by atoms with Gasteiger partial charge in [-0.25, -0.2) is 0 Å². The van der Waals surface area contributed by atoms with Crippen LogP contribution in [0.4, 0.5) is 0 Å². The van der Waals surface area contributed by atoms with Crippen LogP contribution in [-0.2, 0) is 4.79 Å². The number of rotatable bonds is 6. The lowest BCUT2D eigenvalue weighted by Crippen LogP contribution is -2.29. The van der Waals surface area contributed by atoms with Gasteiger partial charge < -0.3 is 15.0 Å². The van der Waals surface area contributed by atoms with Gasteiger partial charge in [0.1, 0.15) is 12.4 Å². The third kappa shape index (κ3) is 4.59. The molecule has 3 aromatic rings. The van der Waals surface area contributed by atoms with Crippen molar-refractivity contribution in [3.63, 3.8) is 0 Å². The molecule has 1 N–H and O–H groups in total. The molecule has 0 saturated carbocycles. The molecule has 1 atom stereocenters. The number of thiophene rings is 1. The maximum atomic E-state index is 13.1. The smallest absolute Gasteiger partial charge is 0.261 e. The fraction of sp³-hybridized carbons (Fsp3) is 0.360. The monoisotopic (exact) mass is 436 g/mol. The highest BCUT2D eigenvalue weighted by Crippen LogP contribution is 2.40. The number of nitrogens with one attached hydrogen (secondary N) is 1. The average molecular weight is 437 g/mol. The van der Waals surface area contributed by atoms with Gasteiger partial charge in [-0.15, -0.1) is 11.3 Å². The number of hydrogen-bond donors (Lipinski definition) is 1. The fourth-order valence-corrected chi connectivity index (χ4v) is 5.49. The van der Waals surface area contributed by atoms with E-state index in [-0.39, 0.29) is 17.7 Å². The minimum absolute atomic E-state index is 0.0679. The molecule has 0 bridgehead atoms. The number of benzene rings is 2. The van der Waals surface area contributed by atoms with E-state index < -0.39 is 0 Å². The number of carbonyl (C=O) groups is 2. The van der Waals surface area contributed by atoms with Gasteiger partial charge in [0.15, 0.2) is 0 Å². The first-order valence-corrected chi connectivity index (χ1v) is 11.5. The van der Waals surface area contributed by atoms with E-state index in [0.29, 0.717) is 19.7 Å². The summed E-state index contributed by atoms with van der Waals surface area (Å²) in [4.78, 5) is 27.5. The number of hydrogen-bond acceptors (Lipinski definition) is 4. The van der Waals surface area contributed by atoms with Crippen LogP contribution in [0.1, 0.15) is 45.6 Å². The number of ether oxygens (including phenoxy) is 1. The van der Waals surface area contributed by atoms with Crippen LogP contribution < -0.4 is 10.1 Å². The minimum Gasteiger partial charge on any atom is -0.491 e. The quantitative estimate of drug-likeness (QED) is 0.572. The Morgan fingerprint density at radius 2 is 2.00 bits per heavy atom. The SMILES string of the molecule is CC(=O)N1CC[C@H](c2c(C(=O)NCCOc3ccc(C)cc3C)sc3ccccc23)C1. The summed E-state index contributed by atoms with van der Waals surface area (Å²) in [6, 6.07) is 14.2. The zero-order valence-electron chi connectivity index (χ0n) is 18.2. The standard InChI is InChI=1S/C25H28N2O3S/c1-16-8-9-21(17(2)14-16)30-13-11-26-25(29)24-23(19-10-12-27(15-19)18(3)28)20-6-4-5-7-22(20)31-24/h4-9,14,19H,10-13,15H2,1-3H3,(H,26,29)/t19-/m0/s1. The summed E-state index contributed by atoms with van der Waals surface area (Å²) in [6.45, 7) is 7.95. The molecule has 1 aromatic heterocycles. The van der Waals surface area contributed by atoms with Gasteiger partial charge in [-0.2, -0.15) is 0 Å². The first-order chi connectivity index (χ1) is 14.9. The second-order valence-corrected chi connectivity index (χ2v) is 9.22. The first kappa shape index (κ1) is 21.4. The van der Waals surface area contributed by atoms with Crippen molar-refractivity contribution in [2.75, 3.05) is 26.2 Å². The molecule has 1 aliphatic rings. The van der Waals surface area contributed by atoms with Gasteiger partial charge in [0.05, 0.1) is 11.4 Å². The van der Waals surface area contributed by atoms with E-state index in [2.05, 4.69) is 30.4 Å². The Morgan fingerprint density at radius 3 is 2.74 bits per heavy atom. The molecule has 162 valence electrons. The summed E-state index contributed by atoms with van der Waals surface area (Å²) in [5, 5.41) is 4.15. The summed E-state index contributed by atoms with van der Waals surface area (Å²) in [5.41, 5.74) is 3.37. The van der Waals surface area contributed by atoms with Crippen molar-refractivity contribution >= 4 is 33.2 Å². The van der Waals surface area contributed by atoms with Gasteiger partial charge >= 0.3 is 0 Å². The van der Waals surface area contributed by atoms with Crippen LogP contribution in [0.25, 0.3) is 10.1 Å². The molecular formula is C25H28N2O3S. The predicted octanol–water partition coefficient (Wildman–Crippen LogP) is 4.66. The Balaban J connectivity index is 1.47. The van der Waals surface area contributed by atoms with Gasteiger partial charge in [0.2, 0.25) is 5.91 Å². The summed E-state index contributed by atoms with van der Waals surface area (Å²) < 4.78 is 6.96. The molecule has 0 radical (unpaired) electrons. The van der Waals surface area contributed by atoms with Crippen LogP contribution in [0.5, 0.6) is 5.75 Å². The Hall–Kier alpha value is -2.86. The first-order valence-electron chi connectivity index (χ1n) is 10.7. The van der Waals surface area contributed by atoms with Crippen molar-refractivity contribution in [2.24, 2.45) is 0 Å². The fourth-order valence-electron chi connectivity index (χ4n) is 4.29. The minimum atomic E-state index is -0.0679. The molecule has 0 spiro atoms. The number of nitrogens with zero attached hydrogens (tertiary/aromatic N) is 1. The summed E-state index contributed by atoms with van der Waals surface area (Å²) in [7, 11) is 0. The van der Waals surface area contributed by atoms with E-state index in [9.17, 15) is 9.59 Å². The van der Waals surface area contributed by atoms with E-state index in [1.54, 1.807) is 6.92 Å². The molecule has 2 heterocycles. The van der Waals surface area contributed by atoms with Crippen molar-refractivity contribution in [1.29, 1.82) is 0 Å². The maximum Gasteiger partial charge on any atom is 0.261 e.